The van der Waals surface area contributed by atoms with Crippen LogP contribution >= 0.6 is 0 Å². The van der Waals surface area contributed by atoms with Gasteiger partial charge in [-0.15, -0.1) is 6.58 Å². The summed E-state index contributed by atoms with van der Waals surface area (Å²) in [5.74, 6) is 0. The highest BCUT2D eigenvalue weighted by molar-refractivity contribution is 7.80. The van der Waals surface area contributed by atoms with Crippen LogP contribution in [0.25, 0.3) is 0 Å². The molecule has 0 saturated heterocycles. The molecule has 0 rings (SSSR count). The second-order valence-electron chi connectivity index (χ2n) is 1.45. The van der Waals surface area contributed by atoms with Crippen molar-refractivity contribution in [3.63, 3.8) is 0 Å². The van der Waals surface area contributed by atoms with Crippen LogP contribution in [0.3, 0.4) is 0 Å². The van der Waals surface area contributed by atoms with E-state index in [0.717, 1.165) is 0 Å². The highest BCUT2D eigenvalue weighted by Gasteiger charge is 1.99. The van der Waals surface area contributed by atoms with Crippen LogP contribution in [-0.2, 0) is 25.0 Å². The van der Waals surface area contributed by atoms with E-state index in [-0.39, 0.29) is 25.1 Å². The molecule has 12 N–H and O–H groups in total. The van der Waals surface area contributed by atoms with Gasteiger partial charge in [0.25, 0.3) is 0 Å². The van der Waals surface area contributed by atoms with Gasteiger partial charge in [0.2, 0.25) is 0 Å². The zero-order chi connectivity index (χ0) is 11.1. The van der Waals surface area contributed by atoms with E-state index in [1.807, 2.05) is 0 Å². The summed E-state index contributed by atoms with van der Waals surface area (Å²) in [6.07, 6.45) is 1.22. The monoisotopic (exact) mass is 287 g/mol. The van der Waals surface area contributed by atoms with E-state index < -0.39 is 20.8 Å². The first-order chi connectivity index (χ1) is 5.56. The van der Waals surface area contributed by atoms with Crippen LogP contribution in [0.15, 0.2) is 12.7 Å². The molecule has 13 heteroatoms. The van der Waals surface area contributed by atoms with Crippen molar-refractivity contribution in [3.8, 4) is 0 Å². The molecule has 16 heavy (non-hydrogen) atoms. The summed E-state index contributed by atoms with van der Waals surface area (Å²) in [4.78, 5) is 0. The molecular weight excluding hydrogens is 270 g/mol. The van der Waals surface area contributed by atoms with E-state index in [0.29, 0.717) is 0 Å². The van der Waals surface area contributed by atoms with Gasteiger partial charge >= 0.3 is 20.8 Å². The summed E-state index contributed by atoms with van der Waals surface area (Å²) < 4.78 is 62.6. The molecule has 0 unspecified atom stereocenters. The third-order valence-corrected chi connectivity index (χ3v) is 0.769. The number of hydrogen-bond donors (Lipinski definition) is 6. The lowest BCUT2D eigenvalue weighted by Gasteiger charge is -1.90. The van der Waals surface area contributed by atoms with Crippen LogP contribution in [-0.4, -0.2) is 37.1 Å². The van der Waals surface area contributed by atoms with E-state index in [1.165, 1.54) is 6.08 Å². The van der Waals surface area contributed by atoms with Crippen molar-refractivity contribution in [2.75, 3.05) is 6.61 Å². The minimum absolute atomic E-state index is 0. The molecular formula is C3H17N3O8S2. The Morgan fingerprint density at radius 1 is 1.00 bits per heavy atom. The minimum Gasteiger partial charge on any atom is -0.344 e. The standard InChI is InChI=1S/C3H6O4S.3H3N.H2O4S/c1-2-3-7-8(4,5)6;;;;1-5(2,3)4/h2H,1,3H2,(H,4,5,6);3*1H3;(H2,1,2,3,4). The van der Waals surface area contributed by atoms with Crippen molar-refractivity contribution in [1.29, 1.82) is 0 Å². The fraction of sp³-hybridized carbons (Fsp3) is 0.333. The SMILES string of the molecule is C=CCOS(=O)(=O)O.N.N.N.O=S(=O)(O)O. The van der Waals surface area contributed by atoms with E-state index in [2.05, 4.69) is 10.8 Å². The van der Waals surface area contributed by atoms with Crippen LogP contribution < -0.4 is 18.5 Å². The zero-order valence-electron chi connectivity index (χ0n) is 8.31. The van der Waals surface area contributed by atoms with E-state index >= 15 is 0 Å². The lowest BCUT2D eigenvalue weighted by atomic mass is 10.7. The zero-order valence-corrected chi connectivity index (χ0v) is 9.95. The highest BCUT2D eigenvalue weighted by Crippen LogP contribution is 1.83. The lowest BCUT2D eigenvalue weighted by Crippen LogP contribution is -2.02. The third kappa shape index (κ3) is 107. The minimum atomic E-state index is -4.67. The largest absolute Gasteiger partial charge is 0.397 e. The maximum Gasteiger partial charge on any atom is 0.397 e. The average molecular weight is 287 g/mol. The quantitative estimate of drug-likeness (QED) is 0.293. The molecule has 0 atom stereocenters. The van der Waals surface area contributed by atoms with E-state index in [1.54, 1.807) is 0 Å². The number of hydrogen-bond acceptors (Lipinski definition) is 8. The van der Waals surface area contributed by atoms with Gasteiger partial charge in [-0.25, -0.2) is 4.18 Å². The molecule has 11 nitrogen and oxygen atoms in total. The molecule has 0 amide bonds. The van der Waals surface area contributed by atoms with Gasteiger partial charge in [-0.2, -0.15) is 16.8 Å². The Morgan fingerprint density at radius 2 is 1.25 bits per heavy atom. The van der Waals surface area contributed by atoms with E-state index in [9.17, 15) is 8.42 Å². The van der Waals surface area contributed by atoms with Gasteiger partial charge in [-0.05, 0) is 0 Å². The van der Waals surface area contributed by atoms with Gasteiger partial charge in [0.1, 0.15) is 0 Å². The van der Waals surface area contributed by atoms with Crippen molar-refractivity contribution < 1.29 is 34.7 Å². The topological polar surface area (TPSA) is 243 Å². The molecule has 0 aromatic rings. The first-order valence-electron chi connectivity index (χ1n) is 2.49. The maximum absolute atomic E-state index is 9.68. The van der Waals surface area contributed by atoms with Crippen molar-refractivity contribution in [3.05, 3.63) is 12.7 Å². The summed E-state index contributed by atoms with van der Waals surface area (Å²) in [5, 5.41) is 0. The summed E-state index contributed by atoms with van der Waals surface area (Å²) in [7, 11) is -8.92. The van der Waals surface area contributed by atoms with Crippen molar-refractivity contribution in [2.24, 2.45) is 0 Å². The molecule has 0 radical (unpaired) electrons. The molecule has 0 aliphatic rings. The fourth-order valence-corrected chi connectivity index (χ4v) is 0.402. The van der Waals surface area contributed by atoms with Crippen LogP contribution in [0.4, 0.5) is 0 Å². The van der Waals surface area contributed by atoms with Crippen LogP contribution in [0, 0.1) is 0 Å². The van der Waals surface area contributed by atoms with E-state index in [4.69, 9.17) is 22.1 Å². The van der Waals surface area contributed by atoms with Crippen LogP contribution in [0.1, 0.15) is 0 Å². The van der Waals surface area contributed by atoms with Crippen molar-refractivity contribution >= 4 is 20.8 Å². The summed E-state index contributed by atoms with van der Waals surface area (Å²) >= 11 is 0. The molecule has 0 aromatic carbocycles. The third-order valence-electron chi connectivity index (χ3n) is 0.335. The van der Waals surface area contributed by atoms with Crippen molar-refractivity contribution in [1.82, 2.24) is 18.5 Å². The fourth-order valence-electron chi connectivity index (χ4n) is 0.134. The molecule has 0 fully saturated rings. The smallest absolute Gasteiger partial charge is 0.344 e. The van der Waals surface area contributed by atoms with Gasteiger partial charge in [-0.1, -0.05) is 6.08 Å². The van der Waals surface area contributed by atoms with Gasteiger partial charge in [0, 0.05) is 0 Å². The van der Waals surface area contributed by atoms with Gasteiger partial charge in [0.05, 0.1) is 6.61 Å². The number of rotatable bonds is 3. The molecule has 0 heterocycles. The molecule has 0 bridgehead atoms. The Morgan fingerprint density at radius 3 is 1.31 bits per heavy atom. The summed E-state index contributed by atoms with van der Waals surface area (Å²) in [6, 6.07) is 0. The second-order valence-corrected chi connectivity index (χ2v) is 3.44. The first-order valence-corrected chi connectivity index (χ1v) is 5.25. The Balaban J connectivity index is -0.0000000454. The summed E-state index contributed by atoms with van der Waals surface area (Å²) in [5.41, 5.74) is 0. The molecule has 0 aromatic heterocycles. The second kappa shape index (κ2) is 12.4. The highest BCUT2D eigenvalue weighted by atomic mass is 32.3. The average Bonchev–Trinajstić information content (AvgIpc) is 1.77. The Bertz CT molecular complexity index is 326. The first kappa shape index (κ1) is 29.5. The van der Waals surface area contributed by atoms with Gasteiger partial charge in [-0.3, -0.25) is 13.7 Å². The Hall–Kier alpha value is -0.640. The van der Waals surface area contributed by atoms with Crippen LogP contribution in [0.2, 0.25) is 0 Å². The predicted octanol–water partition coefficient (Wildman–Crippen LogP) is -0.175. The Kier molecular flexibility index (Phi) is 22.9. The van der Waals surface area contributed by atoms with Gasteiger partial charge < -0.3 is 18.5 Å². The van der Waals surface area contributed by atoms with Crippen LogP contribution in [0.5, 0.6) is 0 Å². The van der Waals surface area contributed by atoms with Crippen molar-refractivity contribution in [2.45, 2.75) is 0 Å². The van der Waals surface area contributed by atoms with Gasteiger partial charge in [0.15, 0.2) is 0 Å². The molecule has 0 aliphatic carbocycles. The molecule has 0 saturated carbocycles. The maximum atomic E-state index is 9.68. The Labute approximate surface area is 93.8 Å². The molecule has 0 spiro atoms. The molecule has 104 valence electrons. The normalized spacial score (nSPS) is 9.19. The lowest BCUT2D eigenvalue weighted by molar-refractivity contribution is 0.296. The summed E-state index contributed by atoms with van der Waals surface area (Å²) in [6.45, 7) is 2.97. The molecule has 0 aliphatic heterocycles. The predicted molar refractivity (Wildman–Crippen MR) is 56.9 cm³/mol.